The number of hydrogen-bond donors (Lipinski definition) is 2. The largest absolute Gasteiger partial charge is 0.356 e. The first kappa shape index (κ1) is 13.6. The van der Waals surface area contributed by atoms with Crippen LogP contribution in [0.3, 0.4) is 0 Å². The Morgan fingerprint density at radius 3 is 2.95 bits per heavy atom. The van der Waals surface area contributed by atoms with Gasteiger partial charge in [-0.05, 0) is 18.6 Å². The molecule has 0 unspecified atom stereocenters. The van der Waals surface area contributed by atoms with Crippen LogP contribution in [0.25, 0.3) is 11.0 Å². The Kier molecular flexibility index (Phi) is 4.95. The van der Waals surface area contributed by atoms with E-state index >= 15 is 0 Å². The lowest BCUT2D eigenvalue weighted by atomic mass is 10.2. The van der Waals surface area contributed by atoms with Crippen molar-refractivity contribution >= 4 is 16.9 Å². The fourth-order valence-corrected chi connectivity index (χ4v) is 2.05. The van der Waals surface area contributed by atoms with Crippen LogP contribution in [0, 0.1) is 0 Å². The lowest BCUT2D eigenvalue weighted by molar-refractivity contribution is -0.121. The van der Waals surface area contributed by atoms with Gasteiger partial charge in [0.2, 0.25) is 5.91 Å². The van der Waals surface area contributed by atoms with Crippen molar-refractivity contribution in [3.63, 3.8) is 0 Å². The lowest BCUT2D eigenvalue weighted by Crippen LogP contribution is -2.24. The molecule has 1 aromatic carbocycles. The van der Waals surface area contributed by atoms with Crippen LogP contribution >= 0.6 is 0 Å². The number of benzene rings is 1. The van der Waals surface area contributed by atoms with Crippen LogP contribution < -0.4 is 5.32 Å². The van der Waals surface area contributed by atoms with Gasteiger partial charge < -0.3 is 10.3 Å². The van der Waals surface area contributed by atoms with E-state index in [1.807, 2.05) is 24.3 Å². The van der Waals surface area contributed by atoms with E-state index < -0.39 is 0 Å². The number of aromatic amines is 1. The highest BCUT2D eigenvalue weighted by Crippen LogP contribution is 2.11. The van der Waals surface area contributed by atoms with E-state index in [-0.39, 0.29) is 5.91 Å². The molecule has 2 N–H and O–H groups in total. The molecule has 1 aromatic heterocycles. The summed E-state index contributed by atoms with van der Waals surface area (Å²) in [5.74, 6) is 0.987. The van der Waals surface area contributed by atoms with E-state index in [9.17, 15) is 4.79 Å². The van der Waals surface area contributed by atoms with Crippen LogP contribution in [0.5, 0.6) is 0 Å². The first-order valence-corrected chi connectivity index (χ1v) is 7.00. The van der Waals surface area contributed by atoms with E-state index in [2.05, 4.69) is 22.2 Å². The number of para-hydroxylation sites is 2. The molecular weight excluding hydrogens is 238 g/mol. The van der Waals surface area contributed by atoms with Crippen molar-refractivity contribution in [2.24, 2.45) is 0 Å². The standard InChI is InChI=1S/C15H21N3O/c1-2-3-6-11-16-15(19)10-9-14-17-12-7-4-5-8-13(12)18-14/h4-5,7-8H,2-3,6,9-11H2,1H3,(H,16,19)(H,17,18). The lowest BCUT2D eigenvalue weighted by Gasteiger charge is -2.03. The number of imidazole rings is 1. The first-order valence-electron chi connectivity index (χ1n) is 7.00. The summed E-state index contributed by atoms with van der Waals surface area (Å²) in [4.78, 5) is 19.3. The van der Waals surface area contributed by atoms with E-state index in [0.29, 0.717) is 12.8 Å². The van der Waals surface area contributed by atoms with Gasteiger partial charge in [0.25, 0.3) is 0 Å². The highest BCUT2D eigenvalue weighted by atomic mass is 16.1. The number of aryl methyl sites for hydroxylation is 1. The molecule has 1 amide bonds. The number of rotatable bonds is 7. The number of H-pyrrole nitrogens is 1. The fourth-order valence-electron chi connectivity index (χ4n) is 2.05. The van der Waals surface area contributed by atoms with E-state index in [1.54, 1.807) is 0 Å². The topological polar surface area (TPSA) is 57.8 Å². The van der Waals surface area contributed by atoms with Crippen molar-refractivity contribution in [1.82, 2.24) is 15.3 Å². The predicted molar refractivity (Wildman–Crippen MR) is 76.9 cm³/mol. The van der Waals surface area contributed by atoms with Gasteiger partial charge in [0.1, 0.15) is 5.82 Å². The molecule has 0 aliphatic carbocycles. The van der Waals surface area contributed by atoms with Crippen LogP contribution in [0.15, 0.2) is 24.3 Å². The van der Waals surface area contributed by atoms with Gasteiger partial charge in [0, 0.05) is 19.4 Å². The van der Waals surface area contributed by atoms with Crippen LogP contribution in [0.2, 0.25) is 0 Å². The summed E-state index contributed by atoms with van der Waals surface area (Å²) < 4.78 is 0. The number of carbonyl (C=O) groups is 1. The van der Waals surface area contributed by atoms with Gasteiger partial charge in [-0.15, -0.1) is 0 Å². The number of hydrogen-bond acceptors (Lipinski definition) is 2. The minimum Gasteiger partial charge on any atom is -0.356 e. The van der Waals surface area contributed by atoms with Crippen LogP contribution in [-0.4, -0.2) is 22.4 Å². The molecule has 4 nitrogen and oxygen atoms in total. The molecule has 0 saturated carbocycles. The zero-order valence-electron chi connectivity index (χ0n) is 11.4. The fraction of sp³-hybridized carbons (Fsp3) is 0.467. The van der Waals surface area contributed by atoms with E-state index in [0.717, 1.165) is 29.8 Å². The third-order valence-electron chi connectivity index (χ3n) is 3.13. The molecule has 0 fully saturated rings. The van der Waals surface area contributed by atoms with Gasteiger partial charge in [-0.2, -0.15) is 0 Å². The van der Waals surface area contributed by atoms with Gasteiger partial charge >= 0.3 is 0 Å². The summed E-state index contributed by atoms with van der Waals surface area (Å²) in [7, 11) is 0. The molecule has 0 saturated heterocycles. The second kappa shape index (κ2) is 6.92. The van der Waals surface area contributed by atoms with Gasteiger partial charge in [-0.25, -0.2) is 4.98 Å². The number of aromatic nitrogens is 2. The van der Waals surface area contributed by atoms with Crippen molar-refractivity contribution in [3.8, 4) is 0 Å². The normalized spacial score (nSPS) is 10.8. The molecular formula is C15H21N3O. The van der Waals surface area contributed by atoms with Crippen LogP contribution in [0.1, 0.15) is 38.4 Å². The van der Waals surface area contributed by atoms with Crippen molar-refractivity contribution in [3.05, 3.63) is 30.1 Å². The molecule has 0 bridgehead atoms. The van der Waals surface area contributed by atoms with E-state index in [4.69, 9.17) is 0 Å². The van der Waals surface area contributed by atoms with E-state index in [1.165, 1.54) is 12.8 Å². The summed E-state index contributed by atoms with van der Waals surface area (Å²) >= 11 is 0. The molecule has 0 spiro atoms. The zero-order chi connectivity index (χ0) is 13.5. The molecule has 1 heterocycles. The minimum absolute atomic E-state index is 0.108. The molecule has 2 aromatic rings. The number of nitrogens with zero attached hydrogens (tertiary/aromatic N) is 1. The Labute approximate surface area is 113 Å². The third-order valence-corrected chi connectivity index (χ3v) is 3.13. The van der Waals surface area contributed by atoms with Gasteiger partial charge in [0.05, 0.1) is 11.0 Å². The number of carbonyl (C=O) groups excluding carboxylic acids is 1. The number of nitrogens with one attached hydrogen (secondary N) is 2. The molecule has 4 heteroatoms. The highest BCUT2D eigenvalue weighted by molar-refractivity contribution is 5.77. The number of fused-ring (bicyclic) bond motifs is 1. The maximum atomic E-state index is 11.6. The van der Waals surface area contributed by atoms with Crippen molar-refractivity contribution in [1.29, 1.82) is 0 Å². The molecule has 2 rings (SSSR count). The Balaban J connectivity index is 1.77. The predicted octanol–water partition coefficient (Wildman–Crippen LogP) is 2.80. The summed E-state index contributed by atoms with van der Waals surface area (Å²) in [6, 6.07) is 7.91. The van der Waals surface area contributed by atoms with Gasteiger partial charge in [-0.3, -0.25) is 4.79 Å². The first-order chi connectivity index (χ1) is 9.29. The number of unbranched alkanes of at least 4 members (excludes halogenated alkanes) is 2. The molecule has 0 radical (unpaired) electrons. The Bertz CT molecular complexity index is 500. The second-order valence-corrected chi connectivity index (χ2v) is 4.76. The number of amides is 1. The SMILES string of the molecule is CCCCCNC(=O)CCc1nc2ccccc2[nH]1. The van der Waals surface area contributed by atoms with Crippen molar-refractivity contribution in [2.45, 2.75) is 39.0 Å². The molecule has 0 aliphatic rings. The molecule has 102 valence electrons. The van der Waals surface area contributed by atoms with Crippen molar-refractivity contribution < 1.29 is 4.79 Å². The average Bonchev–Trinajstić information content (AvgIpc) is 2.84. The summed E-state index contributed by atoms with van der Waals surface area (Å²) in [6.45, 7) is 2.94. The van der Waals surface area contributed by atoms with Gasteiger partial charge in [0.15, 0.2) is 0 Å². The van der Waals surface area contributed by atoms with Crippen LogP contribution in [0.4, 0.5) is 0 Å². The quantitative estimate of drug-likeness (QED) is 0.751. The summed E-state index contributed by atoms with van der Waals surface area (Å²) in [6.07, 6.45) is 4.56. The molecule has 19 heavy (non-hydrogen) atoms. The average molecular weight is 259 g/mol. The summed E-state index contributed by atoms with van der Waals surface area (Å²) in [5, 5.41) is 2.94. The molecule has 0 aliphatic heterocycles. The smallest absolute Gasteiger partial charge is 0.220 e. The maximum absolute atomic E-state index is 11.6. The minimum atomic E-state index is 0.108. The summed E-state index contributed by atoms with van der Waals surface area (Å²) in [5.41, 5.74) is 1.99. The Morgan fingerprint density at radius 2 is 2.16 bits per heavy atom. The maximum Gasteiger partial charge on any atom is 0.220 e. The van der Waals surface area contributed by atoms with Crippen molar-refractivity contribution in [2.75, 3.05) is 6.54 Å². The third kappa shape index (κ3) is 4.09. The Morgan fingerprint density at radius 1 is 1.32 bits per heavy atom. The van der Waals surface area contributed by atoms with Crippen LogP contribution in [-0.2, 0) is 11.2 Å². The molecule has 0 atom stereocenters. The zero-order valence-corrected chi connectivity index (χ0v) is 11.4. The Hall–Kier alpha value is -1.84. The highest BCUT2D eigenvalue weighted by Gasteiger charge is 2.05. The second-order valence-electron chi connectivity index (χ2n) is 4.76. The monoisotopic (exact) mass is 259 g/mol. The van der Waals surface area contributed by atoms with Gasteiger partial charge in [-0.1, -0.05) is 31.9 Å².